The summed E-state index contributed by atoms with van der Waals surface area (Å²) >= 11 is 7.37. The molecule has 0 bridgehead atoms. The van der Waals surface area contributed by atoms with Crippen LogP contribution in [0, 0.1) is 13.8 Å². The Labute approximate surface area is 230 Å². The second-order valence-corrected chi connectivity index (χ2v) is 10.3. The van der Waals surface area contributed by atoms with Crippen molar-refractivity contribution in [2.45, 2.75) is 33.4 Å². The summed E-state index contributed by atoms with van der Waals surface area (Å²) in [6, 6.07) is 4.65. The van der Waals surface area contributed by atoms with E-state index >= 15 is 0 Å². The minimum Gasteiger partial charge on any atom is -0.494 e. The number of hydrogen-bond donors (Lipinski definition) is 1. The minimum atomic E-state index is -2.66. The van der Waals surface area contributed by atoms with Crippen molar-refractivity contribution in [1.29, 1.82) is 0 Å². The third-order valence-electron chi connectivity index (χ3n) is 6.14. The van der Waals surface area contributed by atoms with Crippen LogP contribution in [0.25, 0.3) is 11.1 Å². The lowest BCUT2D eigenvalue weighted by Gasteiger charge is -2.16. The smallest absolute Gasteiger partial charge is 0.273 e. The Morgan fingerprint density at radius 2 is 1.87 bits per heavy atom. The lowest BCUT2D eigenvalue weighted by Crippen LogP contribution is -2.27. The normalized spacial score (nSPS) is 12.5. The lowest BCUT2D eigenvalue weighted by molar-refractivity contribution is 0.0743. The van der Waals surface area contributed by atoms with Gasteiger partial charge in [-0.1, -0.05) is 22.9 Å². The Morgan fingerprint density at radius 1 is 1.08 bits per heavy atom. The zero-order chi connectivity index (χ0) is 27.8. The van der Waals surface area contributed by atoms with Crippen LogP contribution in [0.1, 0.15) is 54.7 Å². The van der Waals surface area contributed by atoms with Gasteiger partial charge in [0.2, 0.25) is 0 Å². The van der Waals surface area contributed by atoms with Gasteiger partial charge >= 0.3 is 0 Å². The number of fused-ring (bicyclic) bond motifs is 1. The van der Waals surface area contributed by atoms with E-state index < -0.39 is 12.3 Å². The van der Waals surface area contributed by atoms with E-state index in [1.165, 1.54) is 36.9 Å². The Kier molecular flexibility index (Phi) is 7.23. The zero-order valence-electron chi connectivity index (χ0n) is 21.0. The van der Waals surface area contributed by atoms with Gasteiger partial charge in [0, 0.05) is 34.8 Å². The van der Waals surface area contributed by atoms with Crippen LogP contribution in [-0.2, 0) is 13.1 Å². The topological polar surface area (TPSA) is 110 Å². The summed E-state index contributed by atoms with van der Waals surface area (Å²) in [4.78, 5) is 45.4. The summed E-state index contributed by atoms with van der Waals surface area (Å²) in [7, 11) is 1.50. The van der Waals surface area contributed by atoms with Crippen molar-refractivity contribution in [3.63, 3.8) is 0 Å². The molecule has 0 spiro atoms. The molecule has 9 nitrogen and oxygen atoms in total. The van der Waals surface area contributed by atoms with Crippen molar-refractivity contribution in [1.82, 2.24) is 24.8 Å². The Bertz CT molecular complexity index is 1590. The van der Waals surface area contributed by atoms with Crippen LogP contribution in [-0.4, -0.2) is 43.8 Å². The average Bonchev–Trinajstić information content (AvgIpc) is 3.47. The number of aryl methyl sites for hydroxylation is 2. The Morgan fingerprint density at radius 3 is 2.56 bits per heavy atom. The van der Waals surface area contributed by atoms with E-state index in [-0.39, 0.29) is 35.4 Å². The van der Waals surface area contributed by atoms with Crippen LogP contribution in [0.2, 0.25) is 5.15 Å². The first-order valence-electron chi connectivity index (χ1n) is 11.6. The molecule has 0 aliphatic carbocycles. The highest BCUT2D eigenvalue weighted by Gasteiger charge is 2.30. The number of thiazole rings is 1. The highest BCUT2D eigenvalue weighted by Crippen LogP contribution is 2.36. The number of carbonyl (C=O) groups excluding carboxylic acids is 2. The molecule has 13 heteroatoms. The third kappa shape index (κ3) is 5.30. The summed E-state index contributed by atoms with van der Waals surface area (Å²) in [5.74, 6) is -0.346. The van der Waals surface area contributed by atoms with Gasteiger partial charge in [-0.2, -0.15) is 0 Å². The van der Waals surface area contributed by atoms with Gasteiger partial charge in [-0.05, 0) is 37.6 Å². The second kappa shape index (κ2) is 10.6. The number of anilines is 1. The molecule has 1 aliphatic rings. The quantitative estimate of drug-likeness (QED) is 0.300. The molecule has 1 aliphatic heterocycles. The van der Waals surface area contributed by atoms with Crippen LogP contribution in [0.15, 0.2) is 36.8 Å². The van der Waals surface area contributed by atoms with Crippen LogP contribution in [0.5, 0.6) is 5.75 Å². The number of ether oxygens (including phenoxy) is 1. The number of alkyl halides is 2. The number of pyridine rings is 3. The molecule has 4 aromatic rings. The standard InChI is InChI=1S/C26H21ClF2N6O3S/c1-12-4-14(23(28)29)7-32-22(12)25(37)35-10-18-20(11-35)39-26(33-18)34-24(36)17-8-30-13(2)5-15(17)16-6-21(27)31-9-19(16)38-3/h4-9,23H,10-11H2,1-3H3,(H,33,34,36). The summed E-state index contributed by atoms with van der Waals surface area (Å²) in [5.41, 5.74) is 3.07. The number of carbonyl (C=O) groups is 2. The van der Waals surface area contributed by atoms with E-state index in [0.717, 1.165) is 11.1 Å². The highest BCUT2D eigenvalue weighted by atomic mass is 35.5. The number of amides is 2. The van der Waals surface area contributed by atoms with Gasteiger partial charge in [0.15, 0.2) is 5.13 Å². The number of halogens is 3. The molecule has 0 saturated carbocycles. The largest absolute Gasteiger partial charge is 0.494 e. The van der Waals surface area contributed by atoms with E-state index in [1.54, 1.807) is 24.0 Å². The SMILES string of the molecule is COc1cnc(Cl)cc1-c1cc(C)ncc1C(=O)Nc1nc2c(s1)CN(C(=O)c1ncc(C(F)F)cc1C)C2. The molecule has 5 heterocycles. The second-order valence-electron chi connectivity index (χ2n) is 8.82. The van der Waals surface area contributed by atoms with Crippen molar-refractivity contribution in [3.05, 3.63) is 80.6 Å². The maximum atomic E-state index is 13.3. The fraction of sp³-hybridized carbons (Fsp3) is 0.231. The molecule has 1 N–H and O–H groups in total. The minimum absolute atomic E-state index is 0.120. The van der Waals surface area contributed by atoms with Gasteiger partial charge in [0.1, 0.15) is 16.6 Å². The van der Waals surface area contributed by atoms with Gasteiger partial charge in [-0.3, -0.25) is 24.9 Å². The molecule has 0 radical (unpaired) electrons. The van der Waals surface area contributed by atoms with Crippen LogP contribution < -0.4 is 10.1 Å². The van der Waals surface area contributed by atoms with Crippen LogP contribution >= 0.6 is 22.9 Å². The number of hydrogen-bond acceptors (Lipinski definition) is 8. The fourth-order valence-corrected chi connectivity index (χ4v) is 5.38. The number of nitrogens with zero attached hydrogens (tertiary/aromatic N) is 5. The summed E-state index contributed by atoms with van der Waals surface area (Å²) in [5, 5.41) is 3.44. The molecule has 0 unspecified atom stereocenters. The monoisotopic (exact) mass is 570 g/mol. The summed E-state index contributed by atoms with van der Waals surface area (Å²) < 4.78 is 31.3. The molecule has 0 atom stereocenters. The molecule has 0 saturated heterocycles. The van der Waals surface area contributed by atoms with Crippen LogP contribution in [0.3, 0.4) is 0 Å². The van der Waals surface area contributed by atoms with E-state index in [0.29, 0.717) is 44.5 Å². The van der Waals surface area contributed by atoms with Crippen molar-refractivity contribution >= 4 is 39.9 Å². The van der Waals surface area contributed by atoms with Gasteiger partial charge in [-0.25, -0.2) is 18.7 Å². The van der Waals surface area contributed by atoms with Gasteiger partial charge in [0.05, 0.1) is 42.5 Å². The molecule has 4 aromatic heterocycles. The summed E-state index contributed by atoms with van der Waals surface area (Å²) in [6.07, 6.45) is 1.32. The number of rotatable bonds is 6. The van der Waals surface area contributed by atoms with E-state index in [1.807, 2.05) is 6.92 Å². The molecule has 200 valence electrons. The highest BCUT2D eigenvalue weighted by molar-refractivity contribution is 7.16. The Balaban J connectivity index is 1.34. The molecule has 0 aromatic carbocycles. The first-order valence-corrected chi connectivity index (χ1v) is 12.8. The average molecular weight is 571 g/mol. The molecule has 2 amide bonds. The molecule has 39 heavy (non-hydrogen) atoms. The van der Waals surface area contributed by atoms with Crippen molar-refractivity contribution in [3.8, 4) is 16.9 Å². The molecule has 0 fully saturated rings. The first kappa shape index (κ1) is 26.6. The zero-order valence-corrected chi connectivity index (χ0v) is 22.5. The predicted octanol–water partition coefficient (Wildman–Crippen LogP) is 5.62. The maximum Gasteiger partial charge on any atom is 0.273 e. The van der Waals surface area contributed by atoms with Gasteiger partial charge in [0.25, 0.3) is 18.2 Å². The first-order chi connectivity index (χ1) is 18.6. The molecule has 5 rings (SSSR count). The predicted molar refractivity (Wildman–Crippen MR) is 141 cm³/mol. The van der Waals surface area contributed by atoms with E-state index in [2.05, 4.69) is 25.3 Å². The molecular formula is C26H21ClF2N6O3S. The summed E-state index contributed by atoms with van der Waals surface area (Å²) in [6.45, 7) is 3.86. The van der Waals surface area contributed by atoms with Crippen molar-refractivity contribution < 1.29 is 23.1 Å². The van der Waals surface area contributed by atoms with Crippen molar-refractivity contribution in [2.24, 2.45) is 0 Å². The van der Waals surface area contributed by atoms with E-state index in [9.17, 15) is 18.4 Å². The number of aromatic nitrogens is 4. The fourth-order valence-electron chi connectivity index (χ4n) is 4.25. The number of nitrogens with one attached hydrogen (secondary N) is 1. The van der Waals surface area contributed by atoms with Gasteiger partial charge in [-0.15, -0.1) is 0 Å². The van der Waals surface area contributed by atoms with Crippen LogP contribution in [0.4, 0.5) is 13.9 Å². The number of methoxy groups -OCH3 is 1. The third-order valence-corrected chi connectivity index (χ3v) is 7.35. The van der Waals surface area contributed by atoms with Crippen molar-refractivity contribution in [2.75, 3.05) is 12.4 Å². The van der Waals surface area contributed by atoms with E-state index in [4.69, 9.17) is 16.3 Å². The van der Waals surface area contributed by atoms with Gasteiger partial charge < -0.3 is 9.64 Å². The molecular weight excluding hydrogens is 550 g/mol. The maximum absolute atomic E-state index is 13.3. The Hall–Kier alpha value is -4.03. The lowest BCUT2D eigenvalue weighted by atomic mass is 10.0.